The minimum Gasteiger partial charge on any atom is -0.444 e. The maximum absolute atomic E-state index is 14.7. The van der Waals surface area contributed by atoms with Gasteiger partial charge in [0, 0.05) is 58.3 Å². The molecule has 1 aromatic heterocycles. The highest BCUT2D eigenvalue weighted by molar-refractivity contribution is 7.86. The molecule has 1 saturated carbocycles. The van der Waals surface area contributed by atoms with Crippen molar-refractivity contribution in [3.63, 3.8) is 0 Å². The van der Waals surface area contributed by atoms with Gasteiger partial charge in [0.05, 0.1) is 62.2 Å². The van der Waals surface area contributed by atoms with Crippen molar-refractivity contribution in [1.29, 1.82) is 0 Å². The fraction of sp³-hybridized carbons (Fsp3) is 0.596. The molecule has 0 bridgehead atoms. The standard InChI is InChI=1S/C47H66F2N6O12S/c1-31-13-15-34(16-14-31)68(61,62)66-28-27-65-26-25-64-24-23-63-22-17-50-43(57)39-35-29-36(48)37(49)30-38(35)53(7)41(39)45(59)55-20-18-54(19-21-55)44(58)40(33-11-9-8-10-12-33)51-42(56)32(2)52(6)46(60)67-47(3,4)5/h13-16,29-30,32-33,40H,8-12,17-28H2,1-7H3,(H,50,57)(H,51,56)/t32-,40-/m0/s1. The van der Waals surface area contributed by atoms with E-state index in [1.54, 1.807) is 44.7 Å². The molecule has 2 N–H and O–H groups in total. The van der Waals surface area contributed by atoms with Crippen molar-refractivity contribution in [1.82, 2.24) is 29.9 Å². The van der Waals surface area contributed by atoms with E-state index in [9.17, 15) is 41.2 Å². The van der Waals surface area contributed by atoms with E-state index in [1.165, 1.54) is 40.6 Å². The highest BCUT2D eigenvalue weighted by atomic mass is 32.2. The number of hydrogen-bond acceptors (Lipinski definition) is 12. The van der Waals surface area contributed by atoms with Crippen LogP contribution in [0.15, 0.2) is 41.3 Å². The molecule has 0 spiro atoms. The number of carbonyl (C=O) groups is 5. The second kappa shape index (κ2) is 24.4. The first-order valence-electron chi connectivity index (χ1n) is 23.0. The van der Waals surface area contributed by atoms with Gasteiger partial charge in [0.25, 0.3) is 21.9 Å². The Bertz CT molecular complexity index is 2340. The van der Waals surface area contributed by atoms with Crippen molar-refractivity contribution in [2.24, 2.45) is 13.0 Å². The average molecular weight is 977 g/mol. The van der Waals surface area contributed by atoms with Gasteiger partial charge < -0.3 is 43.9 Å². The molecule has 1 saturated heterocycles. The number of nitrogens with zero attached hydrogens (tertiary/aromatic N) is 4. The zero-order valence-electron chi connectivity index (χ0n) is 40.1. The van der Waals surface area contributed by atoms with Gasteiger partial charge in [-0.1, -0.05) is 37.0 Å². The second-order valence-electron chi connectivity index (χ2n) is 18.0. The number of rotatable bonds is 21. The van der Waals surface area contributed by atoms with Crippen LogP contribution in [-0.4, -0.2) is 161 Å². The average Bonchev–Trinajstić information content (AvgIpc) is 3.58. The van der Waals surface area contributed by atoms with Crippen molar-refractivity contribution in [3.05, 3.63) is 64.9 Å². The number of nitrogens with one attached hydrogen (secondary N) is 2. The number of amides is 5. The molecular weight excluding hydrogens is 911 g/mol. The van der Waals surface area contributed by atoms with E-state index in [2.05, 4.69) is 10.6 Å². The van der Waals surface area contributed by atoms with Crippen LogP contribution in [0, 0.1) is 24.5 Å². The summed E-state index contributed by atoms with van der Waals surface area (Å²) in [5.74, 6) is -4.54. The Morgan fingerprint density at radius 3 is 1.99 bits per heavy atom. The maximum atomic E-state index is 14.7. The number of fused-ring (bicyclic) bond motifs is 1. The van der Waals surface area contributed by atoms with E-state index in [4.69, 9.17) is 23.1 Å². The first kappa shape index (κ1) is 53.7. The summed E-state index contributed by atoms with van der Waals surface area (Å²) in [7, 11) is -0.932. The molecule has 2 aromatic carbocycles. The molecule has 376 valence electrons. The predicted molar refractivity (Wildman–Crippen MR) is 246 cm³/mol. The molecule has 0 radical (unpaired) electrons. The number of halogens is 2. The summed E-state index contributed by atoms with van der Waals surface area (Å²) in [6.45, 7) is 9.71. The number of aromatic nitrogens is 1. The minimum absolute atomic E-state index is 0.0106. The Kier molecular flexibility index (Phi) is 19.3. The van der Waals surface area contributed by atoms with Crippen LogP contribution in [0.25, 0.3) is 10.9 Å². The van der Waals surface area contributed by atoms with Crippen LogP contribution in [0.2, 0.25) is 0 Å². The van der Waals surface area contributed by atoms with Crippen LogP contribution in [-0.2, 0) is 49.9 Å². The van der Waals surface area contributed by atoms with Gasteiger partial charge in [-0.05, 0) is 71.6 Å². The largest absolute Gasteiger partial charge is 0.444 e. The maximum Gasteiger partial charge on any atom is 0.410 e. The van der Waals surface area contributed by atoms with Gasteiger partial charge in [0.15, 0.2) is 11.6 Å². The van der Waals surface area contributed by atoms with Crippen LogP contribution in [0.4, 0.5) is 13.6 Å². The SMILES string of the molecule is Cc1ccc(S(=O)(=O)OCCOCCOCCOCCNC(=O)c2c(C(=O)N3CCN(C(=O)[C@@H](NC(=O)[C@H](C)N(C)C(=O)OC(C)(C)C)C4CCCCC4)CC3)n(C)c3cc(F)c(F)cc23)cc1. The third kappa shape index (κ3) is 14.4. The molecule has 1 aliphatic carbocycles. The smallest absolute Gasteiger partial charge is 0.410 e. The highest BCUT2D eigenvalue weighted by Gasteiger charge is 2.39. The molecule has 21 heteroatoms. The van der Waals surface area contributed by atoms with Crippen molar-refractivity contribution in [2.75, 3.05) is 86.0 Å². The fourth-order valence-electron chi connectivity index (χ4n) is 8.02. The number of ether oxygens (including phenoxy) is 4. The van der Waals surface area contributed by atoms with Gasteiger partial charge in [-0.3, -0.25) is 28.3 Å². The first-order chi connectivity index (χ1) is 32.2. The summed E-state index contributed by atoms with van der Waals surface area (Å²) in [6.07, 6.45) is 3.63. The van der Waals surface area contributed by atoms with E-state index in [-0.39, 0.29) is 118 Å². The number of piperazine rings is 1. The lowest BCUT2D eigenvalue weighted by atomic mass is 9.83. The van der Waals surface area contributed by atoms with Crippen molar-refractivity contribution in [2.45, 2.75) is 89.3 Å². The molecular formula is C47H66F2N6O12S. The lowest BCUT2D eigenvalue weighted by molar-refractivity contribution is -0.140. The summed E-state index contributed by atoms with van der Waals surface area (Å²) in [6, 6.07) is 6.34. The third-order valence-corrected chi connectivity index (χ3v) is 13.3. The van der Waals surface area contributed by atoms with Gasteiger partial charge in [-0.25, -0.2) is 13.6 Å². The summed E-state index contributed by atoms with van der Waals surface area (Å²) in [5, 5.41) is 5.68. The lowest BCUT2D eigenvalue weighted by Crippen LogP contribution is -2.60. The zero-order valence-corrected chi connectivity index (χ0v) is 40.9. The first-order valence-corrected chi connectivity index (χ1v) is 24.4. The second-order valence-corrected chi connectivity index (χ2v) is 19.6. The molecule has 18 nitrogen and oxygen atoms in total. The Morgan fingerprint density at radius 1 is 0.824 bits per heavy atom. The summed E-state index contributed by atoms with van der Waals surface area (Å²) < 4.78 is 81.9. The van der Waals surface area contributed by atoms with Gasteiger partial charge in [-0.2, -0.15) is 8.42 Å². The molecule has 68 heavy (non-hydrogen) atoms. The van der Waals surface area contributed by atoms with Crippen LogP contribution in [0.5, 0.6) is 0 Å². The Labute approximate surface area is 397 Å². The van der Waals surface area contributed by atoms with E-state index in [0.717, 1.165) is 49.8 Å². The van der Waals surface area contributed by atoms with Crippen molar-refractivity contribution >= 4 is 50.7 Å². The summed E-state index contributed by atoms with van der Waals surface area (Å²) in [4.78, 5) is 72.9. The van der Waals surface area contributed by atoms with E-state index in [0.29, 0.717) is 0 Å². The molecule has 2 fully saturated rings. The van der Waals surface area contributed by atoms with E-state index >= 15 is 0 Å². The molecule has 5 rings (SSSR count). The van der Waals surface area contributed by atoms with Crippen LogP contribution >= 0.6 is 0 Å². The van der Waals surface area contributed by atoms with Gasteiger partial charge >= 0.3 is 6.09 Å². The molecule has 2 atom stereocenters. The quantitative estimate of drug-likeness (QED) is 0.112. The van der Waals surface area contributed by atoms with Crippen LogP contribution in [0.1, 0.15) is 86.2 Å². The monoisotopic (exact) mass is 976 g/mol. The van der Waals surface area contributed by atoms with Crippen LogP contribution < -0.4 is 10.6 Å². The normalized spacial score (nSPS) is 15.8. The van der Waals surface area contributed by atoms with Crippen molar-refractivity contribution < 1.29 is 64.3 Å². The number of benzene rings is 2. The third-order valence-electron chi connectivity index (χ3n) is 11.9. The summed E-state index contributed by atoms with van der Waals surface area (Å²) in [5.41, 5.74) is 0.0524. The molecule has 2 aliphatic rings. The molecule has 5 amide bonds. The van der Waals surface area contributed by atoms with Crippen LogP contribution in [0.3, 0.4) is 0 Å². The molecule has 0 unspecified atom stereocenters. The predicted octanol–water partition coefficient (Wildman–Crippen LogP) is 4.55. The molecule has 3 aromatic rings. The zero-order chi connectivity index (χ0) is 49.8. The Morgan fingerprint density at radius 2 is 1.38 bits per heavy atom. The number of aryl methyl sites for hydroxylation is 2. The lowest BCUT2D eigenvalue weighted by Gasteiger charge is -2.39. The molecule has 1 aliphatic heterocycles. The Hall–Kier alpha value is -5.22. The van der Waals surface area contributed by atoms with E-state index < -0.39 is 63.3 Å². The topological polar surface area (TPSA) is 204 Å². The van der Waals surface area contributed by atoms with E-state index in [1.807, 2.05) is 6.92 Å². The molecule has 2 heterocycles. The number of carbonyl (C=O) groups excluding carboxylic acids is 5. The number of hydrogen-bond donors (Lipinski definition) is 2. The Balaban J connectivity index is 1.12. The minimum atomic E-state index is -3.88. The highest BCUT2D eigenvalue weighted by Crippen LogP contribution is 2.31. The van der Waals surface area contributed by atoms with Gasteiger partial charge in [-0.15, -0.1) is 0 Å². The van der Waals surface area contributed by atoms with Crippen molar-refractivity contribution in [3.8, 4) is 0 Å². The summed E-state index contributed by atoms with van der Waals surface area (Å²) >= 11 is 0. The van der Waals surface area contributed by atoms with Gasteiger partial charge in [0.1, 0.15) is 23.4 Å². The fourth-order valence-corrected chi connectivity index (χ4v) is 8.91. The van der Waals surface area contributed by atoms with Gasteiger partial charge in [0.2, 0.25) is 11.8 Å². The number of likely N-dealkylation sites (N-methyl/N-ethyl adjacent to an activating group) is 1.